The Hall–Kier alpha value is -4.35. The van der Waals surface area contributed by atoms with Gasteiger partial charge in [-0.3, -0.25) is 14.9 Å². The van der Waals surface area contributed by atoms with Gasteiger partial charge in [0.2, 0.25) is 0 Å². The van der Waals surface area contributed by atoms with Gasteiger partial charge in [0.05, 0.1) is 12.0 Å². The molecule has 0 aromatic heterocycles. The van der Waals surface area contributed by atoms with Crippen LogP contribution in [0.3, 0.4) is 0 Å². The Labute approximate surface area is 201 Å². The first-order valence-electron chi connectivity index (χ1n) is 10.0. The molecule has 0 heterocycles. The summed E-state index contributed by atoms with van der Waals surface area (Å²) < 4.78 is 11.2. The van der Waals surface area contributed by atoms with Gasteiger partial charge in [-0.1, -0.05) is 35.9 Å². The Morgan fingerprint density at radius 3 is 2.65 bits per heavy atom. The molecule has 0 saturated carbocycles. The van der Waals surface area contributed by atoms with Crippen molar-refractivity contribution in [1.29, 1.82) is 5.26 Å². The smallest absolute Gasteiger partial charge is 0.293 e. The molecule has 3 rings (SSSR count). The second-order valence-electron chi connectivity index (χ2n) is 7.23. The molecule has 0 unspecified atom stereocenters. The molecule has 0 spiro atoms. The predicted molar refractivity (Wildman–Crippen MR) is 129 cm³/mol. The van der Waals surface area contributed by atoms with Crippen molar-refractivity contribution < 1.29 is 19.2 Å². The normalized spacial score (nSPS) is 10.8. The summed E-state index contributed by atoms with van der Waals surface area (Å²) in [5.74, 6) is 0.107. The topological polar surface area (TPSA) is 114 Å². The van der Waals surface area contributed by atoms with Crippen LogP contribution in [0.15, 0.2) is 66.2 Å². The number of rotatable bonds is 8. The van der Waals surface area contributed by atoms with E-state index in [-0.39, 0.29) is 23.6 Å². The van der Waals surface area contributed by atoms with Crippen LogP contribution in [-0.2, 0) is 11.4 Å². The van der Waals surface area contributed by atoms with Gasteiger partial charge in [0.25, 0.3) is 11.6 Å². The number of nitriles is 1. The standard InChI is InChI=1S/C25H20ClN3O5/c1-16-6-8-21(22(10-16)29(31)32)28-25(30)19(14-27)11-17-7-9-23(24(13-17)33-2)34-15-18-4-3-5-20(26)12-18/h3-13H,15H2,1-2H3,(H,28,30)/b19-11+. The molecule has 3 aromatic rings. The quantitative estimate of drug-likeness (QED) is 0.193. The van der Waals surface area contributed by atoms with Crippen LogP contribution in [0.25, 0.3) is 6.08 Å². The highest BCUT2D eigenvalue weighted by atomic mass is 35.5. The van der Waals surface area contributed by atoms with Gasteiger partial charge in [-0.2, -0.15) is 5.26 Å². The summed E-state index contributed by atoms with van der Waals surface area (Å²) >= 11 is 6.00. The molecule has 9 heteroatoms. The second kappa shape index (κ2) is 11.0. The summed E-state index contributed by atoms with van der Waals surface area (Å²) in [7, 11) is 1.48. The van der Waals surface area contributed by atoms with E-state index in [4.69, 9.17) is 21.1 Å². The third-order valence-electron chi connectivity index (χ3n) is 4.75. The lowest BCUT2D eigenvalue weighted by molar-refractivity contribution is -0.384. The molecule has 1 N–H and O–H groups in total. The number of nitro benzene ring substituents is 1. The maximum absolute atomic E-state index is 12.6. The number of nitrogens with one attached hydrogen (secondary N) is 1. The number of hydrogen-bond acceptors (Lipinski definition) is 6. The summed E-state index contributed by atoms with van der Waals surface area (Å²) in [5, 5.41) is 23.8. The molecule has 0 aliphatic carbocycles. The van der Waals surface area contributed by atoms with Crippen LogP contribution >= 0.6 is 11.6 Å². The van der Waals surface area contributed by atoms with Crippen molar-refractivity contribution in [2.75, 3.05) is 12.4 Å². The highest BCUT2D eigenvalue weighted by Crippen LogP contribution is 2.30. The number of nitro groups is 1. The van der Waals surface area contributed by atoms with E-state index < -0.39 is 10.8 Å². The van der Waals surface area contributed by atoms with Gasteiger partial charge < -0.3 is 14.8 Å². The fourth-order valence-corrected chi connectivity index (χ4v) is 3.30. The van der Waals surface area contributed by atoms with Gasteiger partial charge in [-0.15, -0.1) is 0 Å². The van der Waals surface area contributed by atoms with Gasteiger partial charge in [0, 0.05) is 11.1 Å². The molecule has 0 aliphatic rings. The van der Waals surface area contributed by atoms with E-state index >= 15 is 0 Å². The Balaban J connectivity index is 1.79. The summed E-state index contributed by atoms with van der Waals surface area (Å²) in [6.07, 6.45) is 1.36. The van der Waals surface area contributed by atoms with Crippen LogP contribution < -0.4 is 14.8 Å². The van der Waals surface area contributed by atoms with Crippen molar-refractivity contribution in [2.45, 2.75) is 13.5 Å². The second-order valence-corrected chi connectivity index (χ2v) is 7.67. The Kier molecular flexibility index (Phi) is 7.85. The number of methoxy groups -OCH3 is 1. The molecule has 0 bridgehead atoms. The van der Waals surface area contributed by atoms with Crippen LogP contribution in [0.4, 0.5) is 11.4 Å². The molecule has 1 amide bonds. The third kappa shape index (κ3) is 6.12. The van der Waals surface area contributed by atoms with Crippen molar-refractivity contribution in [3.8, 4) is 17.6 Å². The van der Waals surface area contributed by atoms with Gasteiger partial charge in [0.1, 0.15) is 23.9 Å². The summed E-state index contributed by atoms with van der Waals surface area (Å²) in [4.78, 5) is 23.3. The number of carbonyl (C=O) groups is 1. The lowest BCUT2D eigenvalue weighted by Crippen LogP contribution is -2.14. The highest BCUT2D eigenvalue weighted by molar-refractivity contribution is 6.30. The number of aryl methyl sites for hydroxylation is 1. The number of hydrogen-bond donors (Lipinski definition) is 1. The molecule has 0 aliphatic heterocycles. The number of halogens is 1. The van der Waals surface area contributed by atoms with Crippen LogP contribution in [0.5, 0.6) is 11.5 Å². The van der Waals surface area contributed by atoms with Crippen LogP contribution in [-0.4, -0.2) is 17.9 Å². The van der Waals surface area contributed by atoms with E-state index in [1.807, 2.05) is 18.2 Å². The molecule has 8 nitrogen and oxygen atoms in total. The summed E-state index contributed by atoms with van der Waals surface area (Å²) in [6.45, 7) is 1.97. The molecule has 0 fully saturated rings. The molecule has 3 aromatic carbocycles. The number of carbonyl (C=O) groups excluding carboxylic acids is 1. The van der Waals surface area contributed by atoms with Crippen molar-refractivity contribution in [1.82, 2.24) is 0 Å². The van der Waals surface area contributed by atoms with Crippen molar-refractivity contribution >= 4 is 35.0 Å². The van der Waals surface area contributed by atoms with Crippen LogP contribution in [0, 0.1) is 28.4 Å². The average molecular weight is 478 g/mol. The maximum Gasteiger partial charge on any atom is 0.293 e. The van der Waals surface area contributed by atoms with E-state index in [9.17, 15) is 20.2 Å². The molecule has 172 valence electrons. The minimum absolute atomic E-state index is 0.00379. The lowest BCUT2D eigenvalue weighted by Gasteiger charge is -2.12. The Morgan fingerprint density at radius 1 is 1.18 bits per heavy atom. The zero-order chi connectivity index (χ0) is 24.7. The zero-order valence-electron chi connectivity index (χ0n) is 18.4. The van der Waals surface area contributed by atoms with Crippen LogP contribution in [0.1, 0.15) is 16.7 Å². The minimum atomic E-state index is -0.769. The Bertz CT molecular complexity index is 1310. The molecule has 0 radical (unpaired) electrons. The lowest BCUT2D eigenvalue weighted by atomic mass is 10.1. The fourth-order valence-electron chi connectivity index (χ4n) is 3.08. The predicted octanol–water partition coefficient (Wildman–Crippen LogP) is 5.69. The average Bonchev–Trinajstić information content (AvgIpc) is 2.82. The fraction of sp³-hybridized carbons (Fsp3) is 0.120. The van der Waals surface area contributed by atoms with Crippen molar-refractivity contribution in [3.05, 3.63) is 98.1 Å². The first-order chi connectivity index (χ1) is 16.3. The van der Waals surface area contributed by atoms with E-state index in [1.165, 1.54) is 25.3 Å². The van der Waals surface area contributed by atoms with Gasteiger partial charge in [-0.25, -0.2) is 0 Å². The molecule has 34 heavy (non-hydrogen) atoms. The molecular weight excluding hydrogens is 458 g/mol. The first-order valence-corrected chi connectivity index (χ1v) is 10.4. The van der Waals surface area contributed by atoms with E-state index in [2.05, 4.69) is 5.32 Å². The van der Waals surface area contributed by atoms with Crippen molar-refractivity contribution in [2.24, 2.45) is 0 Å². The molecule has 0 saturated heterocycles. The largest absolute Gasteiger partial charge is 0.493 e. The van der Waals surface area contributed by atoms with E-state index in [0.717, 1.165) is 5.56 Å². The number of anilines is 1. The van der Waals surface area contributed by atoms with Crippen LogP contribution in [0.2, 0.25) is 5.02 Å². The number of benzene rings is 3. The summed E-state index contributed by atoms with van der Waals surface area (Å²) in [5.41, 5.74) is 1.58. The van der Waals surface area contributed by atoms with Gasteiger partial charge >= 0.3 is 0 Å². The molecule has 0 atom stereocenters. The van der Waals surface area contributed by atoms with E-state index in [0.29, 0.717) is 27.6 Å². The van der Waals surface area contributed by atoms with Gasteiger partial charge in [-0.05, 0) is 60.0 Å². The number of nitrogens with zero attached hydrogens (tertiary/aromatic N) is 2. The Morgan fingerprint density at radius 2 is 1.97 bits per heavy atom. The summed E-state index contributed by atoms with van der Waals surface area (Å²) in [6, 6.07) is 18.4. The zero-order valence-corrected chi connectivity index (χ0v) is 19.1. The third-order valence-corrected chi connectivity index (χ3v) is 4.98. The van der Waals surface area contributed by atoms with E-state index in [1.54, 1.807) is 43.3 Å². The van der Waals surface area contributed by atoms with Gasteiger partial charge in [0.15, 0.2) is 11.5 Å². The monoisotopic (exact) mass is 477 g/mol. The first kappa shape index (κ1) is 24.3. The minimum Gasteiger partial charge on any atom is -0.493 e. The number of ether oxygens (including phenoxy) is 2. The number of amides is 1. The SMILES string of the molecule is COc1cc(/C=C(\C#N)C(=O)Nc2ccc(C)cc2[N+](=O)[O-])ccc1OCc1cccc(Cl)c1. The molecular formula is C25H20ClN3O5. The highest BCUT2D eigenvalue weighted by Gasteiger charge is 2.18. The maximum atomic E-state index is 12.6. The van der Waals surface area contributed by atoms with Crippen molar-refractivity contribution in [3.63, 3.8) is 0 Å².